The average molecular weight is 235 g/mol. The van der Waals surface area contributed by atoms with Crippen LogP contribution in [0, 0.1) is 6.92 Å². The lowest BCUT2D eigenvalue weighted by molar-refractivity contribution is 1.23. The van der Waals surface area contributed by atoms with Gasteiger partial charge in [-0.25, -0.2) is 4.98 Å². The zero-order valence-electron chi connectivity index (χ0n) is 10.1. The maximum absolute atomic E-state index is 4.58. The normalized spacial score (nSPS) is 10.5. The largest absolute Gasteiger partial charge is 0.339 e. The number of anilines is 2. The van der Waals surface area contributed by atoms with Gasteiger partial charge in [0.05, 0.1) is 16.9 Å². The zero-order chi connectivity index (χ0) is 12.4. The molecule has 0 unspecified atom stereocenters. The molecular formula is C15H13N3. The smallest absolute Gasteiger partial charge is 0.130 e. The van der Waals surface area contributed by atoms with Gasteiger partial charge in [-0.15, -0.1) is 0 Å². The van der Waals surface area contributed by atoms with E-state index in [4.69, 9.17) is 0 Å². The number of rotatable bonds is 2. The van der Waals surface area contributed by atoms with Gasteiger partial charge in [-0.05, 0) is 31.2 Å². The number of para-hydroxylation sites is 1. The molecule has 0 aliphatic carbocycles. The molecule has 0 radical (unpaired) electrons. The molecule has 0 amide bonds. The number of benzene rings is 1. The van der Waals surface area contributed by atoms with Gasteiger partial charge >= 0.3 is 0 Å². The summed E-state index contributed by atoms with van der Waals surface area (Å²) in [6.07, 6.45) is 1.77. The topological polar surface area (TPSA) is 37.8 Å². The fourth-order valence-corrected chi connectivity index (χ4v) is 1.91. The van der Waals surface area contributed by atoms with Crippen LogP contribution in [0.2, 0.25) is 0 Å². The van der Waals surface area contributed by atoms with E-state index in [0.717, 1.165) is 28.1 Å². The van der Waals surface area contributed by atoms with Gasteiger partial charge < -0.3 is 5.32 Å². The standard InChI is InChI=1S/C15H13N3/c1-11-14(18-15-8-4-5-9-16-15)10-12-6-2-3-7-13(12)17-11/h2-10H,1H3,(H,16,18). The third-order valence-corrected chi connectivity index (χ3v) is 2.84. The summed E-state index contributed by atoms with van der Waals surface area (Å²) < 4.78 is 0. The summed E-state index contributed by atoms with van der Waals surface area (Å²) in [4.78, 5) is 8.84. The number of fused-ring (bicyclic) bond motifs is 1. The lowest BCUT2D eigenvalue weighted by Gasteiger charge is -2.09. The first kappa shape index (κ1) is 10.7. The van der Waals surface area contributed by atoms with Crippen molar-refractivity contribution >= 4 is 22.4 Å². The minimum atomic E-state index is 0.831. The second kappa shape index (κ2) is 4.45. The van der Waals surface area contributed by atoms with Gasteiger partial charge in [-0.1, -0.05) is 24.3 Å². The Kier molecular flexibility index (Phi) is 2.65. The second-order valence-corrected chi connectivity index (χ2v) is 4.15. The van der Waals surface area contributed by atoms with E-state index < -0.39 is 0 Å². The Morgan fingerprint density at radius 3 is 2.67 bits per heavy atom. The summed E-state index contributed by atoms with van der Waals surface area (Å²) >= 11 is 0. The molecule has 3 aromatic rings. The highest BCUT2D eigenvalue weighted by molar-refractivity contribution is 5.83. The third-order valence-electron chi connectivity index (χ3n) is 2.84. The molecule has 88 valence electrons. The molecule has 0 bridgehead atoms. The van der Waals surface area contributed by atoms with Crippen molar-refractivity contribution in [2.75, 3.05) is 5.32 Å². The van der Waals surface area contributed by atoms with Crippen molar-refractivity contribution in [1.82, 2.24) is 9.97 Å². The molecule has 0 spiro atoms. The third kappa shape index (κ3) is 2.02. The molecule has 1 aromatic carbocycles. The van der Waals surface area contributed by atoms with E-state index in [1.807, 2.05) is 43.3 Å². The predicted molar refractivity (Wildman–Crippen MR) is 74.0 cm³/mol. The van der Waals surface area contributed by atoms with Crippen molar-refractivity contribution < 1.29 is 0 Å². The maximum atomic E-state index is 4.58. The summed E-state index contributed by atoms with van der Waals surface area (Å²) in [6.45, 7) is 2.00. The van der Waals surface area contributed by atoms with Gasteiger partial charge in [0.25, 0.3) is 0 Å². The Morgan fingerprint density at radius 1 is 1.00 bits per heavy atom. The fraction of sp³-hybridized carbons (Fsp3) is 0.0667. The molecule has 0 saturated carbocycles. The molecule has 3 rings (SSSR count). The van der Waals surface area contributed by atoms with Gasteiger partial charge in [0, 0.05) is 11.6 Å². The van der Waals surface area contributed by atoms with Crippen molar-refractivity contribution in [2.24, 2.45) is 0 Å². The van der Waals surface area contributed by atoms with Crippen LogP contribution in [-0.4, -0.2) is 9.97 Å². The van der Waals surface area contributed by atoms with Gasteiger partial charge in [0.2, 0.25) is 0 Å². The molecule has 1 N–H and O–H groups in total. The highest BCUT2D eigenvalue weighted by atomic mass is 15.0. The summed E-state index contributed by atoms with van der Waals surface area (Å²) in [5, 5.41) is 4.42. The molecule has 0 aliphatic rings. The van der Waals surface area contributed by atoms with Crippen molar-refractivity contribution in [1.29, 1.82) is 0 Å². The molecule has 2 aromatic heterocycles. The van der Waals surface area contributed by atoms with Crippen molar-refractivity contribution in [3.63, 3.8) is 0 Å². The molecule has 0 saturated heterocycles. The summed E-state index contributed by atoms with van der Waals surface area (Å²) in [5.41, 5.74) is 2.98. The van der Waals surface area contributed by atoms with E-state index in [1.165, 1.54) is 0 Å². The SMILES string of the molecule is Cc1nc2ccccc2cc1Nc1ccccn1. The molecule has 0 fully saturated rings. The first-order valence-corrected chi connectivity index (χ1v) is 5.87. The summed E-state index contributed by atoms with van der Waals surface area (Å²) in [5.74, 6) is 0.831. The van der Waals surface area contributed by atoms with Gasteiger partial charge in [0.15, 0.2) is 0 Å². The van der Waals surface area contributed by atoms with E-state index in [0.29, 0.717) is 0 Å². The molecule has 0 aliphatic heterocycles. The molecule has 2 heterocycles. The Balaban J connectivity index is 2.04. The maximum Gasteiger partial charge on any atom is 0.130 e. The molecule has 3 nitrogen and oxygen atoms in total. The average Bonchev–Trinajstić information content (AvgIpc) is 2.41. The lowest BCUT2D eigenvalue weighted by atomic mass is 10.2. The lowest BCUT2D eigenvalue weighted by Crippen LogP contribution is -1.97. The Morgan fingerprint density at radius 2 is 1.83 bits per heavy atom. The number of nitrogens with one attached hydrogen (secondary N) is 1. The highest BCUT2D eigenvalue weighted by Crippen LogP contribution is 2.22. The number of aromatic nitrogens is 2. The Hall–Kier alpha value is -2.42. The number of hydrogen-bond donors (Lipinski definition) is 1. The van der Waals surface area contributed by atoms with Crippen LogP contribution in [-0.2, 0) is 0 Å². The first-order valence-electron chi connectivity index (χ1n) is 5.87. The minimum Gasteiger partial charge on any atom is -0.339 e. The summed E-state index contributed by atoms with van der Waals surface area (Å²) in [6, 6.07) is 16.0. The van der Waals surface area contributed by atoms with Crippen molar-refractivity contribution in [2.45, 2.75) is 6.92 Å². The number of hydrogen-bond acceptors (Lipinski definition) is 3. The van der Waals surface area contributed by atoms with Crippen LogP contribution >= 0.6 is 0 Å². The Bertz CT molecular complexity index is 678. The number of aryl methyl sites for hydroxylation is 1. The van der Waals surface area contributed by atoms with E-state index in [-0.39, 0.29) is 0 Å². The summed E-state index contributed by atoms with van der Waals surface area (Å²) in [7, 11) is 0. The van der Waals surface area contributed by atoms with E-state index in [9.17, 15) is 0 Å². The highest BCUT2D eigenvalue weighted by Gasteiger charge is 2.03. The minimum absolute atomic E-state index is 0.831. The van der Waals surface area contributed by atoms with Gasteiger partial charge in [0.1, 0.15) is 5.82 Å². The van der Waals surface area contributed by atoms with Gasteiger partial charge in [-0.2, -0.15) is 0 Å². The molecule has 0 atom stereocenters. The second-order valence-electron chi connectivity index (χ2n) is 4.15. The Labute approximate surface area is 106 Å². The van der Waals surface area contributed by atoms with Crippen molar-refractivity contribution in [3.05, 3.63) is 60.4 Å². The van der Waals surface area contributed by atoms with E-state index >= 15 is 0 Å². The van der Waals surface area contributed by atoms with Crippen LogP contribution < -0.4 is 5.32 Å². The first-order chi connectivity index (χ1) is 8.83. The van der Waals surface area contributed by atoms with Crippen LogP contribution in [0.5, 0.6) is 0 Å². The van der Waals surface area contributed by atoms with Crippen LogP contribution in [0.25, 0.3) is 10.9 Å². The molecular weight excluding hydrogens is 222 g/mol. The van der Waals surface area contributed by atoms with Crippen LogP contribution in [0.3, 0.4) is 0 Å². The quantitative estimate of drug-likeness (QED) is 0.736. The van der Waals surface area contributed by atoms with E-state index in [2.05, 4.69) is 27.4 Å². The fourth-order valence-electron chi connectivity index (χ4n) is 1.91. The van der Waals surface area contributed by atoms with Crippen LogP contribution in [0.1, 0.15) is 5.69 Å². The number of nitrogens with zero attached hydrogens (tertiary/aromatic N) is 2. The predicted octanol–water partition coefficient (Wildman–Crippen LogP) is 3.68. The molecule has 18 heavy (non-hydrogen) atoms. The zero-order valence-corrected chi connectivity index (χ0v) is 10.1. The van der Waals surface area contributed by atoms with E-state index in [1.54, 1.807) is 6.20 Å². The number of pyridine rings is 2. The van der Waals surface area contributed by atoms with Gasteiger partial charge in [-0.3, -0.25) is 4.98 Å². The van der Waals surface area contributed by atoms with Crippen molar-refractivity contribution in [3.8, 4) is 0 Å². The van der Waals surface area contributed by atoms with Crippen LogP contribution in [0.4, 0.5) is 11.5 Å². The monoisotopic (exact) mass is 235 g/mol. The molecule has 3 heteroatoms. The van der Waals surface area contributed by atoms with Crippen LogP contribution in [0.15, 0.2) is 54.7 Å².